The summed E-state index contributed by atoms with van der Waals surface area (Å²) in [5, 5.41) is 6.52. The van der Waals surface area contributed by atoms with E-state index in [1.807, 2.05) is 19.1 Å². The number of rotatable bonds is 4. The Morgan fingerprint density at radius 3 is 2.37 bits per heavy atom. The molecule has 2 aliphatic heterocycles. The molecule has 1 aromatic rings. The molecule has 2 atom stereocenters. The lowest BCUT2D eigenvalue weighted by atomic mass is 9.92. The van der Waals surface area contributed by atoms with Crippen LogP contribution in [0.1, 0.15) is 31.7 Å². The van der Waals surface area contributed by atoms with E-state index in [-0.39, 0.29) is 30.3 Å². The Morgan fingerprint density at radius 2 is 1.78 bits per heavy atom. The molecule has 8 heteroatoms. The standard InChI is InChI=1S/C19H29N3O3S.ClH/c1-14-3-5-17(6-4-14)26(24,25)22-11-8-16(9-12-22)19(23)21-18-7-10-20-13-15(18)2;/h3-6,15-16,18,20H,7-13H2,1-2H3,(H,21,23);1H. The topological polar surface area (TPSA) is 78.5 Å². The number of sulfonamides is 1. The minimum absolute atomic E-state index is 0. The minimum atomic E-state index is -3.47. The first-order chi connectivity index (χ1) is 12.4. The summed E-state index contributed by atoms with van der Waals surface area (Å²) in [6.45, 7) is 6.74. The van der Waals surface area contributed by atoms with Crippen molar-refractivity contribution in [3.05, 3.63) is 29.8 Å². The Balaban J connectivity index is 0.00000261. The number of hydrogen-bond donors (Lipinski definition) is 2. The van der Waals surface area contributed by atoms with Crippen molar-refractivity contribution < 1.29 is 13.2 Å². The molecular formula is C19H30ClN3O3S. The van der Waals surface area contributed by atoms with Gasteiger partial charge in [0, 0.05) is 25.0 Å². The normalized spacial score (nSPS) is 24.8. The summed E-state index contributed by atoms with van der Waals surface area (Å²) in [5.41, 5.74) is 1.03. The molecule has 2 fully saturated rings. The van der Waals surface area contributed by atoms with Crippen LogP contribution >= 0.6 is 12.4 Å². The van der Waals surface area contributed by atoms with E-state index in [1.54, 1.807) is 12.1 Å². The molecule has 152 valence electrons. The van der Waals surface area contributed by atoms with Crippen molar-refractivity contribution in [3.63, 3.8) is 0 Å². The third kappa shape index (κ3) is 5.22. The second-order valence-corrected chi connectivity index (χ2v) is 9.51. The van der Waals surface area contributed by atoms with E-state index in [9.17, 15) is 13.2 Å². The van der Waals surface area contributed by atoms with Crippen molar-refractivity contribution in [2.75, 3.05) is 26.2 Å². The minimum Gasteiger partial charge on any atom is -0.353 e. The van der Waals surface area contributed by atoms with Crippen molar-refractivity contribution in [3.8, 4) is 0 Å². The average molecular weight is 416 g/mol. The van der Waals surface area contributed by atoms with Gasteiger partial charge in [-0.3, -0.25) is 4.79 Å². The van der Waals surface area contributed by atoms with E-state index in [1.165, 1.54) is 4.31 Å². The Bertz CT molecular complexity index is 731. The average Bonchev–Trinajstić information content (AvgIpc) is 2.64. The monoisotopic (exact) mass is 415 g/mol. The molecule has 0 aromatic heterocycles. The highest BCUT2D eigenvalue weighted by Crippen LogP contribution is 2.24. The smallest absolute Gasteiger partial charge is 0.243 e. The molecule has 2 N–H and O–H groups in total. The lowest BCUT2D eigenvalue weighted by molar-refractivity contribution is -0.127. The van der Waals surface area contributed by atoms with Crippen LogP contribution in [-0.2, 0) is 14.8 Å². The highest BCUT2D eigenvalue weighted by Gasteiger charge is 2.33. The predicted octanol–water partition coefficient (Wildman–Crippen LogP) is 1.93. The fraction of sp³-hybridized carbons (Fsp3) is 0.632. The van der Waals surface area contributed by atoms with Gasteiger partial charge in [0.25, 0.3) is 0 Å². The van der Waals surface area contributed by atoms with E-state index >= 15 is 0 Å². The fourth-order valence-corrected chi connectivity index (χ4v) is 5.22. The summed E-state index contributed by atoms with van der Waals surface area (Å²) in [7, 11) is -3.47. The van der Waals surface area contributed by atoms with Gasteiger partial charge in [0.15, 0.2) is 0 Å². The molecule has 6 nitrogen and oxygen atoms in total. The first-order valence-corrected chi connectivity index (χ1v) is 10.9. The number of amides is 1. The van der Waals surface area contributed by atoms with Crippen molar-refractivity contribution in [1.29, 1.82) is 0 Å². The van der Waals surface area contributed by atoms with Crippen molar-refractivity contribution >= 4 is 28.3 Å². The molecule has 2 unspecified atom stereocenters. The molecule has 3 rings (SSSR count). The van der Waals surface area contributed by atoms with Gasteiger partial charge in [-0.2, -0.15) is 4.31 Å². The van der Waals surface area contributed by atoms with Gasteiger partial charge in [-0.15, -0.1) is 12.4 Å². The van der Waals surface area contributed by atoms with Gasteiger partial charge in [-0.1, -0.05) is 24.6 Å². The molecule has 1 amide bonds. The molecule has 0 bridgehead atoms. The van der Waals surface area contributed by atoms with E-state index in [2.05, 4.69) is 17.6 Å². The van der Waals surface area contributed by atoms with Crippen LogP contribution in [0.25, 0.3) is 0 Å². The highest BCUT2D eigenvalue weighted by molar-refractivity contribution is 7.89. The van der Waals surface area contributed by atoms with Gasteiger partial charge < -0.3 is 10.6 Å². The number of nitrogens with one attached hydrogen (secondary N) is 2. The summed E-state index contributed by atoms with van der Waals surface area (Å²) in [4.78, 5) is 12.9. The SMILES string of the molecule is Cc1ccc(S(=O)(=O)N2CCC(C(=O)NC3CCNCC3C)CC2)cc1.Cl. The molecule has 0 spiro atoms. The number of aryl methyl sites for hydroxylation is 1. The molecular weight excluding hydrogens is 386 g/mol. The van der Waals surface area contributed by atoms with Crippen LogP contribution in [0.3, 0.4) is 0 Å². The molecule has 0 aliphatic carbocycles. The maximum absolute atomic E-state index is 12.8. The Kier molecular flexibility index (Phi) is 7.68. The Labute approximate surface area is 168 Å². The number of halogens is 1. The molecule has 0 radical (unpaired) electrons. The zero-order valence-corrected chi connectivity index (χ0v) is 17.6. The number of carbonyl (C=O) groups excluding carboxylic acids is 1. The number of carbonyl (C=O) groups is 1. The summed E-state index contributed by atoms with van der Waals surface area (Å²) < 4.78 is 27.0. The molecule has 27 heavy (non-hydrogen) atoms. The molecule has 2 heterocycles. The van der Waals surface area contributed by atoms with Gasteiger partial charge in [0.05, 0.1) is 4.90 Å². The predicted molar refractivity (Wildman–Crippen MR) is 108 cm³/mol. The van der Waals surface area contributed by atoms with Gasteiger partial charge in [-0.05, 0) is 57.3 Å². The maximum Gasteiger partial charge on any atom is 0.243 e. The highest BCUT2D eigenvalue weighted by atomic mass is 35.5. The second kappa shape index (κ2) is 9.37. The first-order valence-electron chi connectivity index (χ1n) is 9.46. The molecule has 2 saturated heterocycles. The van der Waals surface area contributed by atoms with Crippen LogP contribution < -0.4 is 10.6 Å². The van der Waals surface area contributed by atoms with Gasteiger partial charge in [0.1, 0.15) is 0 Å². The third-order valence-corrected chi connectivity index (χ3v) is 7.51. The molecule has 1 aromatic carbocycles. The van der Waals surface area contributed by atoms with Crippen LogP contribution in [0.4, 0.5) is 0 Å². The lowest BCUT2D eigenvalue weighted by Gasteiger charge is -2.34. The Hall–Kier alpha value is -1.15. The number of piperidine rings is 2. The zero-order valence-electron chi connectivity index (χ0n) is 16.0. The van der Waals surface area contributed by atoms with Crippen molar-refractivity contribution in [2.45, 2.75) is 44.0 Å². The number of nitrogens with zero attached hydrogens (tertiary/aromatic N) is 1. The number of benzene rings is 1. The lowest BCUT2D eigenvalue weighted by Crippen LogP contribution is -2.51. The first kappa shape index (κ1) is 22.1. The molecule has 2 aliphatic rings. The summed E-state index contributed by atoms with van der Waals surface area (Å²) in [6.07, 6.45) is 2.11. The van der Waals surface area contributed by atoms with Crippen LogP contribution in [0.2, 0.25) is 0 Å². The van der Waals surface area contributed by atoms with E-state index in [4.69, 9.17) is 0 Å². The van der Waals surface area contributed by atoms with Gasteiger partial charge in [0.2, 0.25) is 15.9 Å². The summed E-state index contributed by atoms with van der Waals surface area (Å²) >= 11 is 0. The summed E-state index contributed by atoms with van der Waals surface area (Å²) in [6, 6.07) is 7.16. The third-order valence-electron chi connectivity index (χ3n) is 5.60. The maximum atomic E-state index is 12.8. The quantitative estimate of drug-likeness (QED) is 0.787. The van der Waals surface area contributed by atoms with Crippen molar-refractivity contribution in [1.82, 2.24) is 14.9 Å². The van der Waals surface area contributed by atoms with E-state index in [0.29, 0.717) is 36.7 Å². The number of hydrogen-bond acceptors (Lipinski definition) is 4. The van der Waals surface area contributed by atoms with Gasteiger partial charge >= 0.3 is 0 Å². The largest absolute Gasteiger partial charge is 0.353 e. The van der Waals surface area contributed by atoms with Crippen LogP contribution in [0.15, 0.2) is 29.2 Å². The van der Waals surface area contributed by atoms with Crippen LogP contribution in [-0.4, -0.2) is 50.9 Å². The summed E-state index contributed by atoms with van der Waals surface area (Å²) in [5.74, 6) is 0.410. The Morgan fingerprint density at radius 1 is 1.15 bits per heavy atom. The zero-order chi connectivity index (χ0) is 18.7. The van der Waals surface area contributed by atoms with Crippen LogP contribution in [0, 0.1) is 18.8 Å². The van der Waals surface area contributed by atoms with E-state index < -0.39 is 10.0 Å². The van der Waals surface area contributed by atoms with Crippen LogP contribution in [0.5, 0.6) is 0 Å². The van der Waals surface area contributed by atoms with Crippen molar-refractivity contribution in [2.24, 2.45) is 11.8 Å². The fourth-order valence-electron chi connectivity index (χ4n) is 3.75. The van der Waals surface area contributed by atoms with Gasteiger partial charge in [-0.25, -0.2) is 8.42 Å². The molecule has 0 saturated carbocycles. The van der Waals surface area contributed by atoms with E-state index in [0.717, 1.165) is 25.1 Å². The second-order valence-electron chi connectivity index (χ2n) is 7.58.